The maximum absolute atomic E-state index is 12.3. The Morgan fingerprint density at radius 3 is 2.55 bits per heavy atom. The molecule has 3 unspecified atom stereocenters. The van der Waals surface area contributed by atoms with Gasteiger partial charge in [0.05, 0.1) is 0 Å². The Morgan fingerprint density at radius 2 is 1.86 bits per heavy atom. The largest absolute Gasteiger partial charge is 0.342 e. The summed E-state index contributed by atoms with van der Waals surface area (Å²) in [4.78, 5) is 26.3. The highest BCUT2D eigenvalue weighted by Crippen LogP contribution is 2.37. The normalized spacial score (nSPS) is 27.0. The number of benzene rings is 1. The molecule has 0 radical (unpaired) electrons. The monoisotopic (exact) mass is 320 g/mol. The first-order chi connectivity index (χ1) is 10.5. The lowest BCUT2D eigenvalue weighted by Crippen LogP contribution is -2.33. The van der Waals surface area contributed by atoms with Crippen LogP contribution in [0.1, 0.15) is 36.0 Å². The molecule has 3 atom stereocenters. The number of halogens is 1. The summed E-state index contributed by atoms with van der Waals surface area (Å²) in [7, 11) is 0. The summed E-state index contributed by atoms with van der Waals surface area (Å²) in [5, 5.41) is 0.604. The van der Waals surface area contributed by atoms with Crippen molar-refractivity contribution in [2.45, 2.75) is 31.7 Å². The molecule has 2 aliphatic rings. The van der Waals surface area contributed by atoms with E-state index < -0.39 is 0 Å². The van der Waals surface area contributed by atoms with E-state index in [1.165, 1.54) is 0 Å². The van der Waals surface area contributed by atoms with Crippen LogP contribution in [-0.4, -0.2) is 35.7 Å². The summed E-state index contributed by atoms with van der Waals surface area (Å²) in [5.74, 6) is 1.08. The molecule has 0 aromatic heterocycles. The fourth-order valence-electron chi connectivity index (χ4n) is 3.67. The predicted molar refractivity (Wildman–Crippen MR) is 85.8 cm³/mol. The summed E-state index contributed by atoms with van der Waals surface area (Å²) < 4.78 is 0. The van der Waals surface area contributed by atoms with Gasteiger partial charge in [0, 0.05) is 42.6 Å². The highest BCUT2D eigenvalue weighted by atomic mass is 35.5. The van der Waals surface area contributed by atoms with Gasteiger partial charge in [-0.05, 0) is 48.9 Å². The summed E-state index contributed by atoms with van der Waals surface area (Å²) in [6.07, 6.45) is 2.72. The smallest absolute Gasteiger partial charge is 0.223 e. The highest BCUT2D eigenvalue weighted by Gasteiger charge is 2.42. The van der Waals surface area contributed by atoms with E-state index in [9.17, 15) is 9.59 Å². The van der Waals surface area contributed by atoms with Crippen molar-refractivity contribution in [3.05, 3.63) is 34.9 Å². The number of hydrogen-bond donors (Lipinski definition) is 1. The first kappa shape index (κ1) is 15.5. The molecule has 1 heterocycles. The molecule has 1 amide bonds. The molecule has 1 saturated heterocycles. The van der Waals surface area contributed by atoms with E-state index in [0.29, 0.717) is 22.4 Å². The first-order valence-corrected chi connectivity index (χ1v) is 8.24. The average molecular weight is 321 g/mol. The molecule has 2 N–H and O–H groups in total. The van der Waals surface area contributed by atoms with E-state index in [0.717, 1.165) is 25.9 Å². The zero-order valence-corrected chi connectivity index (χ0v) is 13.3. The Balaban J connectivity index is 1.50. The Hall–Kier alpha value is -1.39. The SMILES string of the molecule is NC1CCC2CN(C(=O)CCC(=O)c3ccc(Cl)cc3)CC12. The molecule has 1 aliphatic carbocycles. The Bertz CT molecular complexity index is 573. The number of amides is 1. The summed E-state index contributed by atoms with van der Waals surface area (Å²) in [5.41, 5.74) is 6.70. The molecular formula is C17H21ClN2O2. The number of carbonyl (C=O) groups is 2. The van der Waals surface area contributed by atoms with Gasteiger partial charge in [0.25, 0.3) is 0 Å². The van der Waals surface area contributed by atoms with E-state index in [1.807, 2.05) is 4.90 Å². The third kappa shape index (κ3) is 3.18. The lowest BCUT2D eigenvalue weighted by Gasteiger charge is -2.18. The quantitative estimate of drug-likeness (QED) is 0.867. The lowest BCUT2D eigenvalue weighted by atomic mass is 9.98. The standard InChI is InChI=1S/C17H21ClN2O2/c18-13-4-1-11(2-5-13)16(21)7-8-17(22)20-9-12-3-6-15(19)14(12)10-20/h1-2,4-5,12,14-15H,3,6-10,19H2. The van der Waals surface area contributed by atoms with Crippen LogP contribution in [0.2, 0.25) is 5.02 Å². The molecule has 0 spiro atoms. The number of ketones is 1. The molecule has 4 nitrogen and oxygen atoms in total. The predicted octanol–water partition coefficient (Wildman–Crippen LogP) is 2.50. The van der Waals surface area contributed by atoms with Gasteiger partial charge in [-0.1, -0.05) is 11.6 Å². The number of nitrogens with two attached hydrogens (primary N) is 1. The summed E-state index contributed by atoms with van der Waals surface area (Å²) >= 11 is 5.81. The first-order valence-electron chi connectivity index (χ1n) is 7.86. The van der Waals surface area contributed by atoms with E-state index in [-0.39, 0.29) is 30.6 Å². The van der Waals surface area contributed by atoms with E-state index in [1.54, 1.807) is 24.3 Å². The molecular weight excluding hydrogens is 300 g/mol. The van der Waals surface area contributed by atoms with Crippen LogP contribution in [0.15, 0.2) is 24.3 Å². The molecule has 118 valence electrons. The topological polar surface area (TPSA) is 63.4 Å². The van der Waals surface area contributed by atoms with Gasteiger partial charge in [0.1, 0.15) is 0 Å². The fraction of sp³-hybridized carbons (Fsp3) is 0.529. The van der Waals surface area contributed by atoms with Crippen molar-refractivity contribution in [3.63, 3.8) is 0 Å². The molecule has 1 aliphatic heterocycles. The lowest BCUT2D eigenvalue weighted by molar-refractivity contribution is -0.130. The van der Waals surface area contributed by atoms with Gasteiger partial charge in [0.15, 0.2) is 5.78 Å². The molecule has 3 rings (SSSR count). The second-order valence-electron chi connectivity index (χ2n) is 6.39. The number of Topliss-reactive ketones (excluding diaryl/α,β-unsaturated/α-hetero) is 1. The minimum Gasteiger partial charge on any atom is -0.342 e. The second kappa shape index (κ2) is 6.39. The van der Waals surface area contributed by atoms with E-state index >= 15 is 0 Å². The van der Waals surface area contributed by atoms with Gasteiger partial charge in [-0.25, -0.2) is 0 Å². The van der Waals surface area contributed by atoms with Crippen LogP contribution in [0, 0.1) is 11.8 Å². The van der Waals surface area contributed by atoms with Gasteiger partial charge < -0.3 is 10.6 Å². The van der Waals surface area contributed by atoms with Crippen LogP contribution in [0.4, 0.5) is 0 Å². The van der Waals surface area contributed by atoms with Crippen molar-refractivity contribution in [1.29, 1.82) is 0 Å². The fourth-order valence-corrected chi connectivity index (χ4v) is 3.80. The van der Waals surface area contributed by atoms with Crippen LogP contribution in [0.5, 0.6) is 0 Å². The highest BCUT2D eigenvalue weighted by molar-refractivity contribution is 6.30. The Kier molecular flexibility index (Phi) is 4.50. The molecule has 22 heavy (non-hydrogen) atoms. The van der Waals surface area contributed by atoms with Gasteiger partial charge in [-0.3, -0.25) is 9.59 Å². The third-order valence-electron chi connectivity index (χ3n) is 5.00. The van der Waals surface area contributed by atoms with Crippen LogP contribution >= 0.6 is 11.6 Å². The van der Waals surface area contributed by atoms with Gasteiger partial charge in [-0.15, -0.1) is 0 Å². The van der Waals surface area contributed by atoms with Crippen molar-refractivity contribution in [2.75, 3.05) is 13.1 Å². The molecule has 0 bridgehead atoms. The van der Waals surface area contributed by atoms with Crippen molar-refractivity contribution < 1.29 is 9.59 Å². The Labute approximate surface area is 135 Å². The van der Waals surface area contributed by atoms with Crippen LogP contribution in [0.25, 0.3) is 0 Å². The maximum Gasteiger partial charge on any atom is 0.223 e. The zero-order valence-electron chi connectivity index (χ0n) is 12.5. The second-order valence-corrected chi connectivity index (χ2v) is 6.83. The number of likely N-dealkylation sites (tertiary alicyclic amines) is 1. The summed E-state index contributed by atoms with van der Waals surface area (Å²) in [6.45, 7) is 1.58. The van der Waals surface area contributed by atoms with E-state index in [4.69, 9.17) is 17.3 Å². The number of hydrogen-bond acceptors (Lipinski definition) is 3. The van der Waals surface area contributed by atoms with Crippen molar-refractivity contribution >= 4 is 23.3 Å². The molecule has 5 heteroatoms. The van der Waals surface area contributed by atoms with Gasteiger partial charge >= 0.3 is 0 Å². The van der Waals surface area contributed by atoms with Gasteiger partial charge in [-0.2, -0.15) is 0 Å². The minimum absolute atomic E-state index is 0.0129. The summed E-state index contributed by atoms with van der Waals surface area (Å²) in [6, 6.07) is 7.03. The third-order valence-corrected chi connectivity index (χ3v) is 5.25. The van der Waals surface area contributed by atoms with Gasteiger partial charge in [0.2, 0.25) is 5.91 Å². The number of carbonyl (C=O) groups excluding carboxylic acids is 2. The number of nitrogens with zero attached hydrogens (tertiary/aromatic N) is 1. The number of fused-ring (bicyclic) bond motifs is 1. The van der Waals surface area contributed by atoms with Crippen LogP contribution in [-0.2, 0) is 4.79 Å². The molecule has 1 aromatic carbocycles. The molecule has 2 fully saturated rings. The zero-order chi connectivity index (χ0) is 15.7. The average Bonchev–Trinajstić information content (AvgIpc) is 3.08. The minimum atomic E-state index is -0.0129. The number of rotatable bonds is 4. The van der Waals surface area contributed by atoms with E-state index in [2.05, 4.69) is 0 Å². The van der Waals surface area contributed by atoms with Crippen molar-refractivity contribution in [1.82, 2.24) is 4.90 Å². The van der Waals surface area contributed by atoms with Crippen LogP contribution in [0.3, 0.4) is 0 Å². The Morgan fingerprint density at radius 1 is 1.14 bits per heavy atom. The van der Waals surface area contributed by atoms with Crippen molar-refractivity contribution in [2.24, 2.45) is 17.6 Å². The maximum atomic E-state index is 12.3. The molecule has 1 aromatic rings. The van der Waals surface area contributed by atoms with Crippen molar-refractivity contribution in [3.8, 4) is 0 Å². The van der Waals surface area contributed by atoms with Crippen LogP contribution < -0.4 is 5.73 Å². The molecule has 1 saturated carbocycles.